The summed E-state index contributed by atoms with van der Waals surface area (Å²) in [6.07, 6.45) is 0.261. The molecule has 2 N–H and O–H groups in total. The van der Waals surface area contributed by atoms with Crippen LogP contribution in [-0.2, 0) is 10.0 Å². The Morgan fingerprint density at radius 3 is 2.33 bits per heavy atom. The Morgan fingerprint density at radius 2 is 1.81 bits per heavy atom. The van der Waals surface area contributed by atoms with Crippen LogP contribution in [0, 0.1) is 0 Å². The Labute approximate surface area is 128 Å². The van der Waals surface area contributed by atoms with E-state index in [-0.39, 0.29) is 24.8 Å². The second-order valence-corrected chi connectivity index (χ2v) is 6.82. The lowest BCUT2D eigenvalue weighted by molar-refractivity contribution is 0.220. The quantitative estimate of drug-likeness (QED) is 0.684. The van der Waals surface area contributed by atoms with Crippen LogP contribution in [0.5, 0.6) is 0 Å². The number of nitrogens with one attached hydrogen (secondary N) is 1. The summed E-state index contributed by atoms with van der Waals surface area (Å²) in [6, 6.07) is 9.94. The third-order valence-electron chi connectivity index (χ3n) is 3.51. The zero-order chi connectivity index (χ0) is 15.7. The number of hydrogen-bond donors (Lipinski definition) is 2. The molecule has 1 rings (SSSR count). The van der Waals surface area contributed by atoms with Crippen molar-refractivity contribution in [1.29, 1.82) is 0 Å². The highest BCUT2D eigenvalue weighted by molar-refractivity contribution is 7.89. The van der Waals surface area contributed by atoms with Crippen LogP contribution in [0.2, 0.25) is 0 Å². The fourth-order valence-electron chi connectivity index (χ4n) is 2.33. The summed E-state index contributed by atoms with van der Waals surface area (Å²) in [5.41, 5.74) is 1.10. The summed E-state index contributed by atoms with van der Waals surface area (Å²) in [6.45, 7) is 6.08. The van der Waals surface area contributed by atoms with E-state index in [9.17, 15) is 8.42 Å². The smallest absolute Gasteiger partial charge is 0.211 e. The normalized spacial score (nSPS) is 13.5. The Bertz CT molecular complexity index is 487. The molecule has 1 aromatic carbocycles. The van der Waals surface area contributed by atoms with Gasteiger partial charge in [0.05, 0.1) is 5.75 Å². The molecule has 0 aliphatic heterocycles. The van der Waals surface area contributed by atoms with Crippen molar-refractivity contribution in [2.75, 3.05) is 32.0 Å². The lowest BCUT2D eigenvalue weighted by Gasteiger charge is -2.30. The van der Waals surface area contributed by atoms with Gasteiger partial charge in [-0.15, -0.1) is 0 Å². The van der Waals surface area contributed by atoms with Crippen molar-refractivity contribution in [3.05, 3.63) is 35.9 Å². The minimum absolute atomic E-state index is 0.0186. The van der Waals surface area contributed by atoms with E-state index < -0.39 is 10.0 Å². The maximum Gasteiger partial charge on any atom is 0.211 e. The van der Waals surface area contributed by atoms with Crippen LogP contribution in [0.4, 0.5) is 0 Å². The molecule has 0 aliphatic rings. The van der Waals surface area contributed by atoms with Crippen molar-refractivity contribution in [2.45, 2.75) is 26.3 Å². The van der Waals surface area contributed by atoms with E-state index in [1.807, 2.05) is 30.3 Å². The van der Waals surface area contributed by atoms with E-state index in [4.69, 9.17) is 5.11 Å². The van der Waals surface area contributed by atoms with E-state index in [1.165, 1.54) is 0 Å². The molecule has 5 nitrogen and oxygen atoms in total. The van der Waals surface area contributed by atoms with Crippen LogP contribution in [0.3, 0.4) is 0 Å². The topological polar surface area (TPSA) is 69.6 Å². The molecular formula is C15H26N2O3S. The van der Waals surface area contributed by atoms with Gasteiger partial charge in [-0.2, -0.15) is 0 Å². The molecule has 0 bridgehead atoms. The van der Waals surface area contributed by atoms with Crippen molar-refractivity contribution in [3.63, 3.8) is 0 Å². The van der Waals surface area contributed by atoms with Gasteiger partial charge in [0.1, 0.15) is 0 Å². The molecule has 0 saturated heterocycles. The van der Waals surface area contributed by atoms with Gasteiger partial charge < -0.3 is 5.11 Å². The average molecular weight is 314 g/mol. The number of likely N-dealkylation sites (N-methyl/N-ethyl adjacent to an activating group) is 1. The number of aliphatic hydroxyl groups excluding tert-OH is 1. The second kappa shape index (κ2) is 9.15. The van der Waals surface area contributed by atoms with E-state index in [0.717, 1.165) is 18.7 Å². The summed E-state index contributed by atoms with van der Waals surface area (Å²) < 4.78 is 26.4. The summed E-state index contributed by atoms with van der Waals surface area (Å²) in [7, 11) is -3.33. The minimum Gasteiger partial charge on any atom is -0.396 e. The van der Waals surface area contributed by atoms with E-state index in [0.29, 0.717) is 6.54 Å². The van der Waals surface area contributed by atoms with Crippen LogP contribution in [0.25, 0.3) is 0 Å². The number of rotatable bonds is 10. The van der Waals surface area contributed by atoms with Gasteiger partial charge in [-0.05, 0) is 25.1 Å². The number of sulfonamides is 1. The Hall–Kier alpha value is -0.950. The molecule has 1 aromatic rings. The predicted octanol–water partition coefficient (Wildman–Crippen LogP) is 1.37. The van der Waals surface area contributed by atoms with E-state index >= 15 is 0 Å². The largest absolute Gasteiger partial charge is 0.396 e. The predicted molar refractivity (Wildman–Crippen MR) is 85.6 cm³/mol. The van der Waals surface area contributed by atoms with Crippen LogP contribution in [0.15, 0.2) is 30.3 Å². The first kappa shape index (κ1) is 18.1. The van der Waals surface area contributed by atoms with E-state index in [1.54, 1.807) is 0 Å². The third kappa shape index (κ3) is 6.13. The zero-order valence-corrected chi connectivity index (χ0v) is 13.6. The second-order valence-electron chi connectivity index (χ2n) is 4.89. The molecule has 6 heteroatoms. The molecule has 1 atom stereocenters. The number of benzene rings is 1. The summed E-state index contributed by atoms with van der Waals surface area (Å²) in [5, 5.41) is 8.75. The first-order valence-corrected chi connectivity index (χ1v) is 9.06. The Balaban J connectivity index is 2.79. The fraction of sp³-hybridized carbons (Fsp3) is 0.600. The fourth-order valence-corrected chi connectivity index (χ4v) is 3.40. The van der Waals surface area contributed by atoms with Gasteiger partial charge in [-0.3, -0.25) is 4.90 Å². The van der Waals surface area contributed by atoms with Gasteiger partial charge in [0, 0.05) is 19.2 Å². The Morgan fingerprint density at radius 1 is 1.19 bits per heavy atom. The molecule has 1 unspecified atom stereocenters. The van der Waals surface area contributed by atoms with Gasteiger partial charge in [0.2, 0.25) is 10.0 Å². The standard InChI is InChI=1S/C15H26N2O3S/c1-3-17(4-2)15(14-9-6-5-7-10-14)13-16-21(19,20)12-8-11-18/h5-7,9-10,15-16,18H,3-4,8,11-13H2,1-2H3. The number of hydrogen-bond acceptors (Lipinski definition) is 4. The summed E-state index contributed by atoms with van der Waals surface area (Å²) >= 11 is 0. The summed E-state index contributed by atoms with van der Waals surface area (Å²) in [4.78, 5) is 2.23. The molecule has 120 valence electrons. The first-order chi connectivity index (χ1) is 10.0. The highest BCUT2D eigenvalue weighted by Gasteiger charge is 2.20. The van der Waals surface area contributed by atoms with Crippen LogP contribution >= 0.6 is 0 Å². The van der Waals surface area contributed by atoms with Crippen LogP contribution in [-0.4, -0.2) is 50.4 Å². The molecule has 0 amide bonds. The van der Waals surface area contributed by atoms with Gasteiger partial charge in [-0.25, -0.2) is 13.1 Å². The van der Waals surface area contributed by atoms with Crippen LogP contribution in [0.1, 0.15) is 31.9 Å². The molecule has 0 heterocycles. The van der Waals surface area contributed by atoms with Crippen molar-refractivity contribution in [1.82, 2.24) is 9.62 Å². The lowest BCUT2D eigenvalue weighted by Crippen LogP contribution is -2.38. The number of aliphatic hydroxyl groups is 1. The molecule has 21 heavy (non-hydrogen) atoms. The van der Waals surface area contributed by atoms with Crippen molar-refractivity contribution in [3.8, 4) is 0 Å². The number of nitrogens with zero attached hydrogens (tertiary/aromatic N) is 1. The maximum atomic E-state index is 11.9. The van der Waals surface area contributed by atoms with Crippen molar-refractivity contribution >= 4 is 10.0 Å². The minimum atomic E-state index is -3.33. The molecule has 0 saturated carbocycles. The lowest BCUT2D eigenvalue weighted by atomic mass is 10.1. The third-order valence-corrected chi connectivity index (χ3v) is 4.94. The van der Waals surface area contributed by atoms with Gasteiger partial charge in [-0.1, -0.05) is 44.2 Å². The molecule has 0 fully saturated rings. The van der Waals surface area contributed by atoms with Gasteiger partial charge in [0.15, 0.2) is 0 Å². The molecular weight excluding hydrogens is 288 g/mol. The Kier molecular flexibility index (Phi) is 7.88. The molecule has 0 aliphatic carbocycles. The van der Waals surface area contributed by atoms with Crippen molar-refractivity contribution < 1.29 is 13.5 Å². The van der Waals surface area contributed by atoms with Gasteiger partial charge in [0.25, 0.3) is 0 Å². The highest BCUT2D eigenvalue weighted by atomic mass is 32.2. The zero-order valence-electron chi connectivity index (χ0n) is 12.8. The monoisotopic (exact) mass is 314 g/mol. The highest BCUT2D eigenvalue weighted by Crippen LogP contribution is 2.19. The molecule has 0 aromatic heterocycles. The SMILES string of the molecule is CCN(CC)C(CNS(=O)(=O)CCCO)c1ccccc1. The van der Waals surface area contributed by atoms with Gasteiger partial charge >= 0.3 is 0 Å². The summed E-state index contributed by atoms with van der Waals surface area (Å²) in [5.74, 6) is -0.0384. The first-order valence-electron chi connectivity index (χ1n) is 7.41. The molecule has 0 radical (unpaired) electrons. The maximum absolute atomic E-state index is 11.9. The molecule has 0 spiro atoms. The van der Waals surface area contributed by atoms with E-state index in [2.05, 4.69) is 23.5 Å². The van der Waals surface area contributed by atoms with Crippen molar-refractivity contribution in [2.24, 2.45) is 0 Å². The average Bonchev–Trinajstić information content (AvgIpc) is 2.50. The van der Waals surface area contributed by atoms with Crippen LogP contribution < -0.4 is 4.72 Å².